The molecule has 0 aliphatic carbocycles. The molecule has 24 heavy (non-hydrogen) atoms. The molecule has 0 aliphatic heterocycles. The van der Waals surface area contributed by atoms with Crippen molar-refractivity contribution in [3.63, 3.8) is 0 Å². The van der Waals surface area contributed by atoms with Crippen LogP contribution in [0.4, 0.5) is 0 Å². The molecule has 0 heterocycles. The quantitative estimate of drug-likeness (QED) is 0.352. The van der Waals surface area contributed by atoms with E-state index in [-0.39, 0.29) is 19.8 Å². The van der Waals surface area contributed by atoms with E-state index in [1.54, 1.807) is 11.8 Å². The highest BCUT2D eigenvalue weighted by atomic mass is 32.2. The summed E-state index contributed by atoms with van der Waals surface area (Å²) in [7, 11) is 0. The zero-order valence-corrected chi connectivity index (χ0v) is 16.9. The minimum absolute atomic E-state index is 0.143. The first-order valence-electron chi connectivity index (χ1n) is 9.27. The Morgan fingerprint density at radius 3 is 1.75 bits per heavy atom. The molecule has 0 fully saturated rings. The molecule has 1 atom stereocenters. The van der Waals surface area contributed by atoms with Crippen LogP contribution in [0.5, 0.6) is 0 Å². The smallest absolute Gasteiger partial charge is 0.0697 e. The van der Waals surface area contributed by atoms with Gasteiger partial charge in [-0.2, -0.15) is 11.8 Å². The zero-order chi connectivity index (χ0) is 18.9. The minimum Gasteiger partial charge on any atom is -0.396 e. The summed E-state index contributed by atoms with van der Waals surface area (Å²) in [5.74, 6) is 2.03. The van der Waals surface area contributed by atoms with E-state index in [9.17, 15) is 0 Å². The summed E-state index contributed by atoms with van der Waals surface area (Å²) in [5, 5.41) is 33.4. The molecule has 150 valence electrons. The maximum Gasteiger partial charge on any atom is 0.0697 e. The first kappa shape index (κ1) is 28.9. The molecule has 1 unspecified atom stereocenters. The third-order valence-electron chi connectivity index (χ3n) is 3.15. The Kier molecular flexibility index (Phi) is 37.3. The molecule has 0 aromatic rings. The summed E-state index contributed by atoms with van der Waals surface area (Å²) in [6.45, 7) is 8.65. The van der Waals surface area contributed by atoms with Gasteiger partial charge >= 0.3 is 0 Å². The molecule has 4 N–H and O–H groups in total. The second-order valence-electron chi connectivity index (χ2n) is 5.35. The van der Waals surface area contributed by atoms with Crippen LogP contribution in [0.3, 0.4) is 0 Å². The topological polar surface area (TPSA) is 90.2 Å². The van der Waals surface area contributed by atoms with Crippen LogP contribution < -0.4 is 0 Å². The van der Waals surface area contributed by atoms with Crippen molar-refractivity contribution >= 4 is 11.8 Å². The molecule has 0 spiro atoms. The Hall–Kier alpha value is 0.150. The van der Waals surface area contributed by atoms with Crippen LogP contribution in [-0.2, 0) is 4.74 Å². The maximum absolute atomic E-state index is 8.75. The van der Waals surface area contributed by atoms with Gasteiger partial charge in [0.15, 0.2) is 0 Å². The first-order valence-corrected chi connectivity index (χ1v) is 10.4. The van der Waals surface area contributed by atoms with Gasteiger partial charge in [-0.1, -0.05) is 46.5 Å². The molecule has 0 bridgehead atoms. The largest absolute Gasteiger partial charge is 0.396 e. The summed E-state index contributed by atoms with van der Waals surface area (Å²) in [4.78, 5) is 0. The van der Waals surface area contributed by atoms with Gasteiger partial charge in [0.05, 0.1) is 26.4 Å². The van der Waals surface area contributed by atoms with E-state index in [2.05, 4.69) is 20.8 Å². The summed E-state index contributed by atoms with van der Waals surface area (Å²) >= 11 is 1.55. The van der Waals surface area contributed by atoms with Crippen molar-refractivity contribution in [1.29, 1.82) is 0 Å². The van der Waals surface area contributed by atoms with E-state index in [0.29, 0.717) is 19.1 Å². The molecule has 0 saturated carbocycles. The molecule has 0 radical (unpaired) electrons. The summed E-state index contributed by atoms with van der Waals surface area (Å²) < 4.78 is 4.97. The average molecular weight is 371 g/mol. The molecule has 0 rings (SSSR count). The van der Waals surface area contributed by atoms with E-state index in [1.807, 2.05) is 0 Å². The molecular formula is C18H42O5S. The van der Waals surface area contributed by atoms with Crippen LogP contribution >= 0.6 is 11.8 Å². The van der Waals surface area contributed by atoms with Crippen LogP contribution in [-0.4, -0.2) is 71.6 Å². The van der Waals surface area contributed by atoms with E-state index >= 15 is 0 Å². The molecule has 0 aromatic heterocycles. The molecular weight excluding hydrogens is 328 g/mol. The van der Waals surface area contributed by atoms with Crippen LogP contribution in [0.15, 0.2) is 0 Å². The fourth-order valence-electron chi connectivity index (χ4n) is 1.56. The zero-order valence-electron chi connectivity index (χ0n) is 16.1. The standard InChI is InChI=1S/C8H18O.C6H14O2.C4H10O2S/c1-3-5-6-8(4-2)7-9;1-2-3-5-8-6-4-7;5-1-3-7-4-2-6/h8-9H,3-7H2,1-2H3;7H,2-6H2,1H3;5-6H,1-4H2. The number of aliphatic hydroxyl groups excluding tert-OH is 4. The number of thioether (sulfide) groups is 1. The highest BCUT2D eigenvalue weighted by Crippen LogP contribution is 2.10. The van der Waals surface area contributed by atoms with E-state index < -0.39 is 0 Å². The van der Waals surface area contributed by atoms with Crippen LogP contribution in [0.1, 0.15) is 59.3 Å². The van der Waals surface area contributed by atoms with Crippen molar-refractivity contribution in [2.45, 2.75) is 59.3 Å². The predicted molar refractivity (Wildman–Crippen MR) is 105 cm³/mol. The molecule has 0 aliphatic rings. The van der Waals surface area contributed by atoms with Crippen molar-refractivity contribution in [1.82, 2.24) is 0 Å². The number of unbranched alkanes of at least 4 members (excludes halogenated alkanes) is 2. The van der Waals surface area contributed by atoms with Gasteiger partial charge in [0.25, 0.3) is 0 Å². The highest BCUT2D eigenvalue weighted by Gasteiger charge is 2.01. The van der Waals surface area contributed by atoms with Gasteiger partial charge in [0.2, 0.25) is 0 Å². The highest BCUT2D eigenvalue weighted by molar-refractivity contribution is 7.99. The molecule has 0 amide bonds. The molecule has 0 aromatic carbocycles. The summed E-state index contributed by atoms with van der Waals surface area (Å²) in [6.07, 6.45) is 7.08. The van der Waals surface area contributed by atoms with Crippen LogP contribution in [0.25, 0.3) is 0 Å². The van der Waals surface area contributed by atoms with Crippen molar-refractivity contribution in [3.8, 4) is 0 Å². The first-order chi connectivity index (χ1) is 11.7. The van der Waals surface area contributed by atoms with Gasteiger partial charge in [-0.15, -0.1) is 0 Å². The molecule has 0 saturated heterocycles. The van der Waals surface area contributed by atoms with Crippen molar-refractivity contribution in [2.75, 3.05) is 51.1 Å². The summed E-state index contributed by atoms with van der Waals surface area (Å²) in [6, 6.07) is 0. The SMILES string of the molecule is CCCCC(CC)CO.CCCCOCCO.OCCSCCO. The van der Waals surface area contributed by atoms with Crippen molar-refractivity contribution < 1.29 is 25.2 Å². The lowest BCUT2D eigenvalue weighted by Crippen LogP contribution is -2.03. The van der Waals surface area contributed by atoms with Gasteiger partial charge < -0.3 is 25.2 Å². The van der Waals surface area contributed by atoms with Gasteiger partial charge in [-0.3, -0.25) is 0 Å². The molecule has 5 nitrogen and oxygen atoms in total. The second kappa shape index (κ2) is 31.0. The number of hydrogen-bond donors (Lipinski definition) is 4. The monoisotopic (exact) mass is 370 g/mol. The fraction of sp³-hybridized carbons (Fsp3) is 1.00. The third kappa shape index (κ3) is 33.7. The Balaban J connectivity index is -0.000000278. The van der Waals surface area contributed by atoms with Gasteiger partial charge in [-0.25, -0.2) is 0 Å². The summed E-state index contributed by atoms with van der Waals surface area (Å²) in [5.41, 5.74) is 0. The van der Waals surface area contributed by atoms with Gasteiger partial charge in [0.1, 0.15) is 0 Å². The fourth-order valence-corrected chi connectivity index (χ4v) is 2.02. The van der Waals surface area contributed by atoms with E-state index in [1.165, 1.54) is 19.3 Å². The Morgan fingerprint density at radius 2 is 1.38 bits per heavy atom. The third-order valence-corrected chi connectivity index (χ3v) is 4.09. The lowest BCUT2D eigenvalue weighted by Gasteiger charge is -2.08. The average Bonchev–Trinajstić information content (AvgIpc) is 2.61. The predicted octanol–water partition coefficient (Wildman–Crippen LogP) is 2.69. The Labute approximate surface area is 153 Å². The lowest BCUT2D eigenvalue weighted by atomic mass is 10.0. The van der Waals surface area contributed by atoms with Crippen molar-refractivity contribution in [2.24, 2.45) is 5.92 Å². The minimum atomic E-state index is 0.143. The van der Waals surface area contributed by atoms with Gasteiger partial charge in [-0.05, 0) is 18.8 Å². The second-order valence-corrected chi connectivity index (χ2v) is 6.57. The number of ether oxygens (including phenoxy) is 1. The number of aliphatic hydroxyl groups is 4. The van der Waals surface area contributed by atoms with E-state index in [0.717, 1.165) is 37.4 Å². The Bertz CT molecular complexity index is 171. The van der Waals surface area contributed by atoms with Gasteiger partial charge in [0, 0.05) is 24.7 Å². The molecule has 6 heteroatoms. The number of rotatable bonds is 14. The number of hydrogen-bond acceptors (Lipinski definition) is 6. The van der Waals surface area contributed by atoms with Crippen molar-refractivity contribution in [3.05, 3.63) is 0 Å². The van der Waals surface area contributed by atoms with E-state index in [4.69, 9.17) is 25.2 Å². The van der Waals surface area contributed by atoms with Crippen LogP contribution in [0.2, 0.25) is 0 Å². The Morgan fingerprint density at radius 1 is 0.792 bits per heavy atom. The normalized spacial score (nSPS) is 11.1. The van der Waals surface area contributed by atoms with Crippen LogP contribution in [0, 0.1) is 5.92 Å². The lowest BCUT2D eigenvalue weighted by molar-refractivity contribution is 0.0904. The maximum atomic E-state index is 8.75.